The quantitative estimate of drug-likeness (QED) is 0.701. The molecule has 1 heterocycles. The maximum atomic E-state index is 10.4. The molecule has 0 saturated heterocycles. The number of nitrogens with two attached hydrogens (primary N) is 1. The summed E-state index contributed by atoms with van der Waals surface area (Å²) in [6.07, 6.45) is -0.729. The number of aliphatic hydroxyl groups is 1. The van der Waals surface area contributed by atoms with Crippen LogP contribution in [0.25, 0.3) is 0 Å². The Bertz CT molecular complexity index is 233. The predicted molar refractivity (Wildman–Crippen MR) is 43.1 cm³/mol. The normalized spacial score (nSPS) is 12.8. The van der Waals surface area contributed by atoms with Crippen LogP contribution in [0.1, 0.15) is 17.4 Å². The second-order valence-electron chi connectivity index (χ2n) is 2.20. The van der Waals surface area contributed by atoms with Gasteiger partial charge in [-0.1, -0.05) is 6.07 Å². The van der Waals surface area contributed by atoms with Crippen molar-refractivity contribution in [3.05, 3.63) is 22.4 Å². The first-order chi connectivity index (χ1) is 5.20. The fourth-order valence-corrected chi connectivity index (χ4v) is 1.48. The van der Waals surface area contributed by atoms with Crippen molar-refractivity contribution in [2.24, 2.45) is 5.73 Å². The minimum atomic E-state index is -0.729. The van der Waals surface area contributed by atoms with E-state index in [2.05, 4.69) is 0 Å². The number of primary amides is 1. The Morgan fingerprint density at radius 1 is 1.82 bits per heavy atom. The zero-order valence-corrected chi connectivity index (χ0v) is 6.67. The van der Waals surface area contributed by atoms with Crippen LogP contribution < -0.4 is 5.73 Å². The van der Waals surface area contributed by atoms with Crippen molar-refractivity contribution in [1.82, 2.24) is 0 Å². The van der Waals surface area contributed by atoms with Gasteiger partial charge in [0.1, 0.15) is 0 Å². The summed E-state index contributed by atoms with van der Waals surface area (Å²) in [5, 5.41) is 11.1. The summed E-state index contributed by atoms with van der Waals surface area (Å²) < 4.78 is 0. The van der Waals surface area contributed by atoms with Crippen molar-refractivity contribution in [1.29, 1.82) is 0 Å². The first-order valence-electron chi connectivity index (χ1n) is 3.20. The lowest BCUT2D eigenvalue weighted by Gasteiger charge is -2.03. The SMILES string of the molecule is NC(=O)CC(O)c1cccs1. The highest BCUT2D eigenvalue weighted by Gasteiger charge is 2.10. The largest absolute Gasteiger partial charge is 0.387 e. The molecule has 1 aromatic heterocycles. The topological polar surface area (TPSA) is 63.3 Å². The molecule has 0 aromatic carbocycles. The first kappa shape index (κ1) is 8.23. The molecule has 1 amide bonds. The number of rotatable bonds is 3. The van der Waals surface area contributed by atoms with Crippen LogP contribution in [0.15, 0.2) is 17.5 Å². The van der Waals surface area contributed by atoms with Gasteiger partial charge in [0, 0.05) is 4.88 Å². The summed E-state index contributed by atoms with van der Waals surface area (Å²) in [7, 11) is 0. The molecule has 4 heteroatoms. The van der Waals surface area contributed by atoms with Crippen molar-refractivity contribution in [3.63, 3.8) is 0 Å². The van der Waals surface area contributed by atoms with Gasteiger partial charge >= 0.3 is 0 Å². The number of amides is 1. The van der Waals surface area contributed by atoms with Gasteiger partial charge in [-0.3, -0.25) is 4.79 Å². The van der Waals surface area contributed by atoms with E-state index in [9.17, 15) is 9.90 Å². The van der Waals surface area contributed by atoms with E-state index >= 15 is 0 Å². The molecule has 1 unspecified atom stereocenters. The van der Waals surface area contributed by atoms with Crippen LogP contribution >= 0.6 is 11.3 Å². The van der Waals surface area contributed by atoms with Gasteiger partial charge in [0.25, 0.3) is 0 Å². The third-order valence-corrected chi connectivity index (χ3v) is 2.24. The van der Waals surface area contributed by atoms with Crippen LogP contribution in [0.4, 0.5) is 0 Å². The lowest BCUT2D eigenvalue weighted by Crippen LogP contribution is -2.14. The highest BCUT2D eigenvalue weighted by Crippen LogP contribution is 2.20. The number of carbonyl (C=O) groups excluding carboxylic acids is 1. The molecule has 0 aliphatic heterocycles. The van der Waals surface area contributed by atoms with E-state index in [1.165, 1.54) is 11.3 Å². The molecule has 0 saturated carbocycles. The van der Waals surface area contributed by atoms with Crippen LogP contribution in [-0.4, -0.2) is 11.0 Å². The molecule has 0 radical (unpaired) electrons. The smallest absolute Gasteiger partial charge is 0.220 e. The number of hydrogen-bond acceptors (Lipinski definition) is 3. The van der Waals surface area contributed by atoms with Crippen molar-refractivity contribution in [2.75, 3.05) is 0 Å². The fourth-order valence-electron chi connectivity index (χ4n) is 0.772. The molecular formula is C7H9NO2S. The minimum absolute atomic E-state index is 0.000509. The molecule has 1 atom stereocenters. The van der Waals surface area contributed by atoms with Crippen molar-refractivity contribution in [2.45, 2.75) is 12.5 Å². The zero-order valence-electron chi connectivity index (χ0n) is 5.86. The van der Waals surface area contributed by atoms with E-state index in [1.54, 1.807) is 6.07 Å². The molecule has 0 fully saturated rings. The summed E-state index contributed by atoms with van der Waals surface area (Å²) in [6, 6.07) is 3.60. The van der Waals surface area contributed by atoms with Crippen LogP contribution in [0, 0.1) is 0 Å². The maximum absolute atomic E-state index is 10.4. The molecule has 60 valence electrons. The van der Waals surface area contributed by atoms with Gasteiger partial charge in [-0.2, -0.15) is 0 Å². The monoisotopic (exact) mass is 171 g/mol. The minimum Gasteiger partial charge on any atom is -0.387 e. The zero-order chi connectivity index (χ0) is 8.27. The summed E-state index contributed by atoms with van der Waals surface area (Å²) >= 11 is 1.42. The fraction of sp³-hybridized carbons (Fsp3) is 0.286. The van der Waals surface area contributed by atoms with E-state index in [4.69, 9.17) is 5.73 Å². The average Bonchev–Trinajstić information content (AvgIpc) is 2.35. The van der Waals surface area contributed by atoms with Crippen LogP contribution in [-0.2, 0) is 4.79 Å². The molecule has 3 nitrogen and oxygen atoms in total. The molecule has 1 rings (SSSR count). The second kappa shape index (κ2) is 3.50. The lowest BCUT2D eigenvalue weighted by molar-refractivity contribution is -0.119. The van der Waals surface area contributed by atoms with Gasteiger partial charge in [0.05, 0.1) is 12.5 Å². The average molecular weight is 171 g/mol. The van der Waals surface area contributed by atoms with Gasteiger partial charge < -0.3 is 10.8 Å². The van der Waals surface area contributed by atoms with Gasteiger partial charge in [0.2, 0.25) is 5.91 Å². The van der Waals surface area contributed by atoms with Gasteiger partial charge in [-0.15, -0.1) is 11.3 Å². The summed E-state index contributed by atoms with van der Waals surface area (Å²) in [5.74, 6) is -0.481. The van der Waals surface area contributed by atoms with E-state index in [1.807, 2.05) is 11.4 Å². The van der Waals surface area contributed by atoms with Crippen molar-refractivity contribution < 1.29 is 9.90 Å². The Hall–Kier alpha value is -0.870. The van der Waals surface area contributed by atoms with Crippen LogP contribution in [0.5, 0.6) is 0 Å². The molecule has 11 heavy (non-hydrogen) atoms. The number of thiophene rings is 1. The second-order valence-corrected chi connectivity index (χ2v) is 3.18. The number of aliphatic hydroxyl groups excluding tert-OH is 1. The summed E-state index contributed by atoms with van der Waals surface area (Å²) in [6.45, 7) is 0. The van der Waals surface area contributed by atoms with E-state index < -0.39 is 12.0 Å². The molecule has 1 aromatic rings. The first-order valence-corrected chi connectivity index (χ1v) is 4.08. The van der Waals surface area contributed by atoms with Crippen LogP contribution in [0.3, 0.4) is 0 Å². The Morgan fingerprint density at radius 2 is 2.55 bits per heavy atom. The van der Waals surface area contributed by atoms with Crippen LogP contribution in [0.2, 0.25) is 0 Å². The number of carbonyl (C=O) groups is 1. The van der Waals surface area contributed by atoms with E-state index in [-0.39, 0.29) is 6.42 Å². The van der Waals surface area contributed by atoms with Gasteiger partial charge in [-0.05, 0) is 11.4 Å². The Kier molecular flexibility index (Phi) is 2.62. The lowest BCUT2D eigenvalue weighted by atomic mass is 10.2. The maximum Gasteiger partial charge on any atom is 0.220 e. The van der Waals surface area contributed by atoms with Crippen molar-refractivity contribution >= 4 is 17.2 Å². The Balaban J connectivity index is 2.56. The molecule has 0 bridgehead atoms. The Labute approximate surface area is 68.5 Å². The Morgan fingerprint density at radius 3 is 3.00 bits per heavy atom. The molecule has 0 aliphatic carbocycles. The van der Waals surface area contributed by atoms with Crippen molar-refractivity contribution in [3.8, 4) is 0 Å². The van der Waals surface area contributed by atoms with E-state index in [0.717, 1.165) is 4.88 Å². The molecule has 0 aliphatic rings. The molecule has 0 spiro atoms. The predicted octanol–water partition coefficient (Wildman–Crippen LogP) is 0.657. The summed E-state index contributed by atoms with van der Waals surface area (Å²) in [5.41, 5.74) is 4.91. The molecular weight excluding hydrogens is 162 g/mol. The number of hydrogen-bond donors (Lipinski definition) is 2. The summed E-state index contributed by atoms with van der Waals surface area (Å²) in [4.78, 5) is 11.2. The highest BCUT2D eigenvalue weighted by molar-refractivity contribution is 7.10. The van der Waals surface area contributed by atoms with Gasteiger partial charge in [0.15, 0.2) is 0 Å². The highest BCUT2D eigenvalue weighted by atomic mass is 32.1. The van der Waals surface area contributed by atoms with Gasteiger partial charge in [-0.25, -0.2) is 0 Å². The third-order valence-electron chi connectivity index (χ3n) is 1.27. The standard InChI is InChI=1S/C7H9NO2S/c8-7(10)4-5(9)6-2-1-3-11-6/h1-3,5,9H,4H2,(H2,8,10). The third kappa shape index (κ3) is 2.32. The van der Waals surface area contributed by atoms with E-state index in [0.29, 0.717) is 0 Å². The molecule has 3 N–H and O–H groups in total.